The van der Waals surface area contributed by atoms with Gasteiger partial charge in [0, 0.05) is 21.4 Å². The van der Waals surface area contributed by atoms with Crippen molar-refractivity contribution in [2.24, 2.45) is 0 Å². The van der Waals surface area contributed by atoms with Gasteiger partial charge < -0.3 is 10.1 Å². The Hall–Kier alpha value is -2.84. The number of anilines is 2. The molecule has 0 spiro atoms. The van der Waals surface area contributed by atoms with Crippen LogP contribution in [0.5, 0.6) is 5.75 Å². The van der Waals surface area contributed by atoms with Crippen LogP contribution in [0, 0.1) is 6.92 Å². The van der Waals surface area contributed by atoms with Crippen LogP contribution in [-0.4, -0.2) is 21.4 Å². The van der Waals surface area contributed by atoms with Gasteiger partial charge in [-0.1, -0.05) is 33.6 Å². The molecule has 2 N–H and O–H groups in total. The lowest BCUT2D eigenvalue weighted by Crippen LogP contribution is -2.17. The number of halogens is 1. The Morgan fingerprint density at radius 1 is 0.931 bits per heavy atom. The monoisotopic (exact) mass is 474 g/mol. The normalized spacial score (nSPS) is 11.0. The van der Waals surface area contributed by atoms with Crippen LogP contribution in [0.1, 0.15) is 15.9 Å². The minimum absolute atomic E-state index is 0.121. The van der Waals surface area contributed by atoms with Crippen molar-refractivity contribution in [1.29, 1.82) is 0 Å². The van der Waals surface area contributed by atoms with Crippen LogP contribution in [0.15, 0.2) is 76.1 Å². The zero-order chi connectivity index (χ0) is 21.0. The van der Waals surface area contributed by atoms with Crippen LogP contribution in [0.25, 0.3) is 0 Å². The van der Waals surface area contributed by atoms with E-state index in [1.54, 1.807) is 48.5 Å². The van der Waals surface area contributed by atoms with E-state index < -0.39 is 15.9 Å². The summed E-state index contributed by atoms with van der Waals surface area (Å²) in [5.74, 6) is -0.286. The maximum Gasteiger partial charge on any atom is 0.265 e. The molecule has 1 amide bonds. The molecule has 0 bridgehead atoms. The molecule has 8 heteroatoms. The molecule has 0 heterocycles. The maximum absolute atomic E-state index is 12.9. The first-order chi connectivity index (χ1) is 13.8. The smallest absolute Gasteiger partial charge is 0.265 e. The number of benzene rings is 3. The zero-order valence-electron chi connectivity index (χ0n) is 15.8. The summed E-state index contributed by atoms with van der Waals surface area (Å²) in [5.41, 5.74) is 2.22. The second kappa shape index (κ2) is 8.67. The van der Waals surface area contributed by atoms with Gasteiger partial charge >= 0.3 is 0 Å². The van der Waals surface area contributed by atoms with Gasteiger partial charge in [0.2, 0.25) is 0 Å². The molecular formula is C21H19BrN2O4S. The van der Waals surface area contributed by atoms with Crippen molar-refractivity contribution < 1.29 is 17.9 Å². The Labute approximate surface area is 178 Å². The van der Waals surface area contributed by atoms with Crippen molar-refractivity contribution >= 4 is 43.2 Å². The topological polar surface area (TPSA) is 84.5 Å². The van der Waals surface area contributed by atoms with Gasteiger partial charge in [0.25, 0.3) is 15.9 Å². The summed E-state index contributed by atoms with van der Waals surface area (Å²) in [6, 6.07) is 18.3. The summed E-state index contributed by atoms with van der Waals surface area (Å²) in [5, 5.41) is 2.74. The number of amides is 1. The van der Waals surface area contributed by atoms with Crippen molar-refractivity contribution in [3.63, 3.8) is 0 Å². The third-order valence-corrected chi connectivity index (χ3v) is 6.05. The van der Waals surface area contributed by atoms with Crippen LogP contribution in [-0.2, 0) is 10.0 Å². The number of nitrogens with one attached hydrogen (secondary N) is 2. The maximum atomic E-state index is 12.9. The molecule has 0 unspecified atom stereocenters. The Morgan fingerprint density at radius 3 is 2.17 bits per heavy atom. The van der Waals surface area contributed by atoms with Crippen LogP contribution in [0.2, 0.25) is 0 Å². The standard InChI is InChI=1S/C21H19BrN2O4S/c1-14-3-8-18(9-4-14)24-29(26,27)20-13-15(5-12-19(20)28-2)21(25)23-17-10-6-16(22)7-11-17/h3-13,24H,1-2H3,(H,23,25). The van der Waals surface area contributed by atoms with Crippen molar-refractivity contribution in [2.45, 2.75) is 11.8 Å². The van der Waals surface area contributed by atoms with Gasteiger partial charge in [-0.15, -0.1) is 0 Å². The van der Waals surface area contributed by atoms with E-state index in [4.69, 9.17) is 4.74 Å². The van der Waals surface area contributed by atoms with Crippen LogP contribution in [0.4, 0.5) is 11.4 Å². The van der Waals surface area contributed by atoms with E-state index in [0.29, 0.717) is 11.4 Å². The van der Waals surface area contributed by atoms with E-state index in [-0.39, 0.29) is 16.2 Å². The fourth-order valence-corrected chi connectivity index (χ4v) is 4.12. The van der Waals surface area contributed by atoms with E-state index >= 15 is 0 Å². The molecule has 0 aliphatic heterocycles. The van der Waals surface area contributed by atoms with Gasteiger partial charge in [-0.2, -0.15) is 0 Å². The number of sulfonamides is 1. The van der Waals surface area contributed by atoms with E-state index in [0.717, 1.165) is 10.0 Å². The lowest BCUT2D eigenvalue weighted by molar-refractivity contribution is 0.102. The predicted molar refractivity (Wildman–Crippen MR) is 117 cm³/mol. The third kappa shape index (κ3) is 5.16. The molecule has 0 aliphatic carbocycles. The number of methoxy groups -OCH3 is 1. The highest BCUT2D eigenvalue weighted by Crippen LogP contribution is 2.27. The summed E-state index contributed by atoms with van der Waals surface area (Å²) in [4.78, 5) is 12.5. The van der Waals surface area contributed by atoms with Gasteiger partial charge in [-0.3, -0.25) is 9.52 Å². The number of hydrogen-bond acceptors (Lipinski definition) is 4. The Morgan fingerprint density at radius 2 is 1.55 bits per heavy atom. The van der Waals surface area contributed by atoms with Crippen LogP contribution < -0.4 is 14.8 Å². The summed E-state index contributed by atoms with van der Waals surface area (Å²) in [6.07, 6.45) is 0. The first-order valence-corrected chi connectivity index (χ1v) is 10.9. The highest BCUT2D eigenvalue weighted by Gasteiger charge is 2.22. The summed E-state index contributed by atoms with van der Waals surface area (Å²) in [6.45, 7) is 1.91. The second-order valence-electron chi connectivity index (χ2n) is 6.30. The molecule has 3 rings (SSSR count). The van der Waals surface area contributed by atoms with Gasteiger partial charge in [0.15, 0.2) is 0 Å². The molecule has 3 aromatic rings. The molecule has 0 radical (unpaired) electrons. The van der Waals surface area contributed by atoms with Crippen LogP contribution >= 0.6 is 15.9 Å². The van der Waals surface area contributed by atoms with Gasteiger partial charge in [-0.05, 0) is 61.5 Å². The van der Waals surface area contributed by atoms with E-state index in [1.807, 2.05) is 6.92 Å². The van der Waals surface area contributed by atoms with Gasteiger partial charge in [0.05, 0.1) is 7.11 Å². The van der Waals surface area contributed by atoms with Crippen molar-refractivity contribution in [3.8, 4) is 5.75 Å². The SMILES string of the molecule is COc1ccc(C(=O)Nc2ccc(Br)cc2)cc1S(=O)(=O)Nc1ccc(C)cc1. The highest BCUT2D eigenvalue weighted by atomic mass is 79.9. The lowest BCUT2D eigenvalue weighted by Gasteiger charge is -2.13. The zero-order valence-corrected chi connectivity index (χ0v) is 18.2. The number of aryl methyl sites for hydroxylation is 1. The number of hydrogen-bond donors (Lipinski definition) is 2. The highest BCUT2D eigenvalue weighted by molar-refractivity contribution is 9.10. The minimum atomic E-state index is -3.96. The molecule has 150 valence electrons. The molecule has 0 atom stereocenters. The van der Waals surface area contributed by atoms with Gasteiger partial charge in [0.1, 0.15) is 10.6 Å². The number of carbonyl (C=O) groups is 1. The van der Waals surface area contributed by atoms with Gasteiger partial charge in [-0.25, -0.2) is 8.42 Å². The molecule has 0 aromatic heterocycles. The van der Waals surface area contributed by atoms with Crippen molar-refractivity contribution in [1.82, 2.24) is 0 Å². The van der Waals surface area contributed by atoms with E-state index in [9.17, 15) is 13.2 Å². The summed E-state index contributed by atoms with van der Waals surface area (Å²) < 4.78 is 34.4. The molecule has 3 aromatic carbocycles. The first kappa shape index (κ1) is 20.9. The number of ether oxygens (including phenoxy) is 1. The molecule has 0 saturated carbocycles. The average Bonchev–Trinajstić information content (AvgIpc) is 2.70. The molecule has 29 heavy (non-hydrogen) atoms. The average molecular weight is 475 g/mol. The lowest BCUT2D eigenvalue weighted by atomic mass is 10.2. The van der Waals surface area contributed by atoms with E-state index in [2.05, 4.69) is 26.0 Å². The summed E-state index contributed by atoms with van der Waals surface area (Å²) >= 11 is 3.33. The quantitative estimate of drug-likeness (QED) is 0.536. The largest absolute Gasteiger partial charge is 0.495 e. The minimum Gasteiger partial charge on any atom is -0.495 e. The molecule has 0 saturated heterocycles. The second-order valence-corrected chi connectivity index (χ2v) is 8.86. The van der Waals surface area contributed by atoms with E-state index in [1.165, 1.54) is 25.3 Å². The Bertz CT molecular complexity index is 1130. The summed E-state index contributed by atoms with van der Waals surface area (Å²) in [7, 11) is -2.59. The fraction of sp³-hybridized carbons (Fsp3) is 0.0952. The number of carbonyl (C=O) groups excluding carboxylic acids is 1. The van der Waals surface area contributed by atoms with Crippen molar-refractivity contribution in [3.05, 3.63) is 82.3 Å². The Balaban J connectivity index is 1.90. The fourth-order valence-electron chi connectivity index (χ4n) is 2.60. The first-order valence-electron chi connectivity index (χ1n) is 8.63. The van der Waals surface area contributed by atoms with Crippen molar-refractivity contribution in [2.75, 3.05) is 17.1 Å². The number of rotatable bonds is 6. The molecule has 0 aliphatic rings. The predicted octanol–water partition coefficient (Wildman–Crippen LogP) is 4.82. The molecule has 0 fully saturated rings. The Kier molecular flexibility index (Phi) is 6.24. The van der Waals surface area contributed by atoms with Crippen LogP contribution in [0.3, 0.4) is 0 Å². The molecular weight excluding hydrogens is 456 g/mol. The molecule has 6 nitrogen and oxygen atoms in total. The third-order valence-electron chi connectivity index (χ3n) is 4.12.